The van der Waals surface area contributed by atoms with Gasteiger partial charge < -0.3 is 13.9 Å². The molecule has 0 saturated carbocycles. The predicted molar refractivity (Wildman–Crippen MR) is 90.3 cm³/mol. The summed E-state index contributed by atoms with van der Waals surface area (Å²) in [6.07, 6.45) is -0.790. The Balaban J connectivity index is 2.16. The number of benzene rings is 2. The minimum absolute atomic E-state index is 0.221. The van der Waals surface area contributed by atoms with Gasteiger partial charge in [0.1, 0.15) is 11.3 Å². The van der Waals surface area contributed by atoms with Crippen LogP contribution in [0.5, 0.6) is 5.75 Å². The fourth-order valence-corrected chi connectivity index (χ4v) is 2.55. The van der Waals surface area contributed by atoms with Crippen molar-refractivity contribution in [2.75, 3.05) is 6.61 Å². The monoisotopic (exact) mass is 324 g/mol. The van der Waals surface area contributed by atoms with Gasteiger partial charge in [-0.25, -0.2) is 9.59 Å². The molecule has 5 heteroatoms. The zero-order chi connectivity index (χ0) is 17.1. The second kappa shape index (κ2) is 6.58. The molecule has 0 aliphatic carbocycles. The van der Waals surface area contributed by atoms with E-state index in [2.05, 4.69) is 0 Å². The molecule has 2 aromatic carbocycles. The summed E-state index contributed by atoms with van der Waals surface area (Å²) in [4.78, 5) is 23.5. The lowest BCUT2D eigenvalue weighted by atomic mass is 10.0. The maximum atomic E-state index is 12.0. The summed E-state index contributed by atoms with van der Waals surface area (Å²) in [5, 5.41) is 0.773. The fraction of sp³-hybridized carbons (Fsp3) is 0.158. The molecule has 3 rings (SSSR count). The third-order valence-electron chi connectivity index (χ3n) is 3.65. The van der Waals surface area contributed by atoms with Gasteiger partial charge in [-0.15, -0.1) is 0 Å². The maximum absolute atomic E-state index is 12.0. The van der Waals surface area contributed by atoms with Gasteiger partial charge in [-0.1, -0.05) is 30.3 Å². The molecule has 0 spiro atoms. The van der Waals surface area contributed by atoms with E-state index in [4.69, 9.17) is 13.9 Å². The van der Waals surface area contributed by atoms with Crippen LogP contribution in [0.1, 0.15) is 12.5 Å². The fourth-order valence-electron chi connectivity index (χ4n) is 2.55. The van der Waals surface area contributed by atoms with Gasteiger partial charge >= 0.3 is 11.8 Å². The third kappa shape index (κ3) is 3.01. The Hall–Kier alpha value is -3.08. The minimum Gasteiger partial charge on any atom is -0.434 e. The number of hydrogen-bond donors (Lipinski definition) is 0. The summed E-state index contributed by atoms with van der Waals surface area (Å²) in [6.45, 7) is 3.65. The van der Waals surface area contributed by atoms with Crippen LogP contribution in [0.2, 0.25) is 0 Å². The number of aryl methyl sites for hydroxylation is 1. The van der Waals surface area contributed by atoms with Crippen LogP contribution in [0.4, 0.5) is 4.79 Å². The smallest absolute Gasteiger partial charge is 0.434 e. The molecule has 0 bridgehead atoms. The van der Waals surface area contributed by atoms with E-state index in [1.165, 1.54) is 6.07 Å². The van der Waals surface area contributed by atoms with Gasteiger partial charge in [-0.3, -0.25) is 0 Å². The molecule has 0 unspecified atom stereocenters. The second-order valence-electron chi connectivity index (χ2n) is 5.20. The van der Waals surface area contributed by atoms with Gasteiger partial charge in [-0.2, -0.15) is 0 Å². The maximum Gasteiger partial charge on any atom is 0.513 e. The summed E-state index contributed by atoms with van der Waals surface area (Å²) in [6, 6.07) is 14.5. The van der Waals surface area contributed by atoms with Crippen molar-refractivity contribution < 1.29 is 18.7 Å². The summed E-state index contributed by atoms with van der Waals surface area (Å²) < 4.78 is 15.3. The van der Waals surface area contributed by atoms with Crippen LogP contribution in [-0.2, 0) is 4.74 Å². The highest BCUT2D eigenvalue weighted by Gasteiger charge is 2.15. The molecule has 0 radical (unpaired) electrons. The van der Waals surface area contributed by atoms with Gasteiger partial charge in [0.2, 0.25) is 0 Å². The largest absolute Gasteiger partial charge is 0.513 e. The van der Waals surface area contributed by atoms with E-state index >= 15 is 0 Å². The Morgan fingerprint density at radius 2 is 1.88 bits per heavy atom. The lowest BCUT2D eigenvalue weighted by molar-refractivity contribution is 0.104. The second-order valence-corrected chi connectivity index (χ2v) is 5.20. The van der Waals surface area contributed by atoms with Crippen molar-refractivity contribution in [1.82, 2.24) is 0 Å². The molecule has 0 saturated heterocycles. The first-order valence-electron chi connectivity index (χ1n) is 7.57. The Labute approximate surface area is 138 Å². The van der Waals surface area contributed by atoms with Crippen LogP contribution in [0.3, 0.4) is 0 Å². The quantitative estimate of drug-likeness (QED) is 0.408. The number of carbonyl (C=O) groups excluding carboxylic acids is 1. The SMILES string of the molecule is CCOC(=O)Oc1ccc2c(-c3ccccc3)cc(=O)oc2c1C. The molecule has 1 heterocycles. The van der Waals surface area contributed by atoms with E-state index in [0.717, 1.165) is 16.5 Å². The number of carbonyl (C=O) groups is 1. The molecular weight excluding hydrogens is 308 g/mol. The first-order valence-corrected chi connectivity index (χ1v) is 7.57. The lowest BCUT2D eigenvalue weighted by Gasteiger charge is -2.11. The van der Waals surface area contributed by atoms with E-state index in [0.29, 0.717) is 16.9 Å². The zero-order valence-electron chi connectivity index (χ0n) is 13.4. The van der Waals surface area contributed by atoms with E-state index in [1.807, 2.05) is 30.3 Å². The highest BCUT2D eigenvalue weighted by atomic mass is 16.7. The van der Waals surface area contributed by atoms with Gasteiger partial charge in [0.05, 0.1) is 6.61 Å². The molecule has 0 amide bonds. The molecule has 0 aliphatic heterocycles. The van der Waals surface area contributed by atoms with Crippen molar-refractivity contribution in [1.29, 1.82) is 0 Å². The molecule has 122 valence electrons. The molecule has 0 fully saturated rings. The molecule has 0 N–H and O–H groups in total. The van der Waals surface area contributed by atoms with Crippen LogP contribution in [0, 0.1) is 6.92 Å². The predicted octanol–water partition coefficient (Wildman–Crippen LogP) is 4.30. The number of fused-ring (bicyclic) bond motifs is 1. The van der Waals surface area contributed by atoms with Gasteiger partial charge in [0.25, 0.3) is 0 Å². The summed E-state index contributed by atoms with van der Waals surface area (Å²) in [5.41, 5.74) is 2.18. The third-order valence-corrected chi connectivity index (χ3v) is 3.65. The van der Waals surface area contributed by atoms with Crippen molar-refractivity contribution >= 4 is 17.1 Å². The van der Waals surface area contributed by atoms with E-state index < -0.39 is 11.8 Å². The van der Waals surface area contributed by atoms with Gasteiger partial charge in [-0.05, 0) is 37.1 Å². The van der Waals surface area contributed by atoms with Crippen LogP contribution in [0.25, 0.3) is 22.1 Å². The van der Waals surface area contributed by atoms with Crippen molar-refractivity contribution in [3.05, 3.63) is 64.5 Å². The average molecular weight is 324 g/mol. The highest BCUT2D eigenvalue weighted by molar-refractivity contribution is 5.95. The van der Waals surface area contributed by atoms with Crippen LogP contribution < -0.4 is 10.4 Å². The van der Waals surface area contributed by atoms with Gasteiger partial charge in [0.15, 0.2) is 0 Å². The molecular formula is C19H16O5. The lowest BCUT2D eigenvalue weighted by Crippen LogP contribution is -2.11. The van der Waals surface area contributed by atoms with Crippen molar-refractivity contribution in [2.24, 2.45) is 0 Å². The number of ether oxygens (including phenoxy) is 2. The Morgan fingerprint density at radius 1 is 1.12 bits per heavy atom. The molecule has 1 aromatic heterocycles. The minimum atomic E-state index is -0.790. The molecule has 5 nitrogen and oxygen atoms in total. The van der Waals surface area contributed by atoms with Crippen LogP contribution in [-0.4, -0.2) is 12.8 Å². The highest BCUT2D eigenvalue weighted by Crippen LogP contribution is 2.33. The van der Waals surface area contributed by atoms with Crippen molar-refractivity contribution in [2.45, 2.75) is 13.8 Å². The molecule has 0 aliphatic rings. The van der Waals surface area contributed by atoms with Crippen LogP contribution in [0.15, 0.2) is 57.7 Å². The molecule has 24 heavy (non-hydrogen) atoms. The summed E-state index contributed by atoms with van der Waals surface area (Å²) in [7, 11) is 0. The first kappa shape index (κ1) is 15.8. The Kier molecular flexibility index (Phi) is 4.33. The number of rotatable bonds is 3. The Morgan fingerprint density at radius 3 is 2.58 bits per heavy atom. The molecule has 3 aromatic rings. The first-order chi connectivity index (χ1) is 11.6. The van der Waals surface area contributed by atoms with Crippen LogP contribution >= 0.6 is 0 Å². The van der Waals surface area contributed by atoms with Crippen molar-refractivity contribution in [3.63, 3.8) is 0 Å². The topological polar surface area (TPSA) is 65.7 Å². The average Bonchev–Trinajstić information content (AvgIpc) is 2.58. The Bertz CT molecular complexity index is 941. The zero-order valence-corrected chi connectivity index (χ0v) is 13.4. The van der Waals surface area contributed by atoms with E-state index in [9.17, 15) is 9.59 Å². The summed E-state index contributed by atoms with van der Waals surface area (Å²) in [5.74, 6) is 0.300. The van der Waals surface area contributed by atoms with Crippen molar-refractivity contribution in [3.8, 4) is 16.9 Å². The summed E-state index contributed by atoms with van der Waals surface area (Å²) >= 11 is 0. The van der Waals surface area contributed by atoms with E-state index in [1.54, 1.807) is 26.0 Å². The standard InChI is InChI=1S/C19H16O5/c1-3-22-19(21)23-16-10-9-14-15(13-7-5-4-6-8-13)11-17(20)24-18(14)12(16)2/h4-11H,3H2,1-2H3. The van der Waals surface area contributed by atoms with Gasteiger partial charge in [0, 0.05) is 17.0 Å². The van der Waals surface area contributed by atoms with E-state index in [-0.39, 0.29) is 6.61 Å². The number of hydrogen-bond acceptors (Lipinski definition) is 5. The molecule has 0 atom stereocenters. The normalized spacial score (nSPS) is 10.6.